The molecule has 0 bridgehead atoms. The fourth-order valence-corrected chi connectivity index (χ4v) is 2.89. The molecule has 0 unspecified atom stereocenters. The summed E-state index contributed by atoms with van der Waals surface area (Å²) < 4.78 is 26.8. The van der Waals surface area contributed by atoms with Gasteiger partial charge in [-0.3, -0.25) is 4.72 Å². The van der Waals surface area contributed by atoms with Gasteiger partial charge in [0, 0.05) is 0 Å². The summed E-state index contributed by atoms with van der Waals surface area (Å²) in [6.45, 7) is 1.73. The monoisotopic (exact) mass is 277 g/mol. The number of aliphatic hydroxyl groups excluding tert-OH is 1. The highest BCUT2D eigenvalue weighted by Gasteiger charge is 2.14. The van der Waals surface area contributed by atoms with Crippen molar-refractivity contribution in [2.45, 2.75) is 18.4 Å². The van der Waals surface area contributed by atoms with Crippen LogP contribution >= 0.6 is 0 Å². The van der Waals surface area contributed by atoms with Gasteiger partial charge < -0.3 is 5.11 Å². The molecule has 0 aliphatic carbocycles. The summed E-state index contributed by atoms with van der Waals surface area (Å²) >= 11 is 0. The summed E-state index contributed by atoms with van der Waals surface area (Å²) in [5.41, 5.74) is 2.03. The van der Waals surface area contributed by atoms with Crippen molar-refractivity contribution in [2.75, 3.05) is 4.72 Å². The fraction of sp³-hybridized carbons (Fsp3) is 0.143. The Morgan fingerprint density at radius 2 is 1.79 bits per heavy atom. The zero-order chi connectivity index (χ0) is 13.9. The van der Waals surface area contributed by atoms with E-state index in [0.29, 0.717) is 5.69 Å². The lowest BCUT2D eigenvalue weighted by Gasteiger charge is -2.11. The highest BCUT2D eigenvalue weighted by molar-refractivity contribution is 7.92. The van der Waals surface area contributed by atoms with Gasteiger partial charge in [0.2, 0.25) is 0 Å². The quantitative estimate of drug-likeness (QED) is 0.901. The first-order chi connectivity index (χ1) is 9.03. The average Bonchev–Trinajstić information content (AvgIpc) is 2.42. The summed E-state index contributed by atoms with van der Waals surface area (Å²) in [7, 11) is -3.57. The maximum atomic E-state index is 12.1. The first-order valence-electron chi connectivity index (χ1n) is 5.81. The summed E-state index contributed by atoms with van der Waals surface area (Å²) in [5, 5.41) is 9.02. The largest absolute Gasteiger partial charge is 0.392 e. The van der Waals surface area contributed by atoms with Crippen LogP contribution < -0.4 is 4.72 Å². The summed E-state index contributed by atoms with van der Waals surface area (Å²) in [5.74, 6) is 0. The Balaban J connectivity index is 2.31. The normalized spacial score (nSPS) is 11.3. The predicted molar refractivity (Wildman–Crippen MR) is 74.4 cm³/mol. The van der Waals surface area contributed by atoms with Crippen LogP contribution in [0.2, 0.25) is 0 Å². The molecule has 2 rings (SSSR count). The third-order valence-electron chi connectivity index (χ3n) is 2.77. The Kier molecular flexibility index (Phi) is 3.87. The molecule has 0 heterocycles. The van der Waals surface area contributed by atoms with Gasteiger partial charge in [0.05, 0.1) is 17.2 Å². The van der Waals surface area contributed by atoms with Crippen LogP contribution in [-0.4, -0.2) is 13.5 Å². The summed E-state index contributed by atoms with van der Waals surface area (Å²) in [4.78, 5) is 0.223. The number of nitrogens with one attached hydrogen (secondary N) is 1. The second-order valence-electron chi connectivity index (χ2n) is 4.23. The van der Waals surface area contributed by atoms with E-state index in [1.54, 1.807) is 55.5 Å². The van der Waals surface area contributed by atoms with Crippen molar-refractivity contribution >= 4 is 15.7 Å². The maximum absolute atomic E-state index is 12.1. The minimum atomic E-state index is -3.57. The van der Waals surface area contributed by atoms with E-state index in [9.17, 15) is 8.42 Å². The molecule has 100 valence electrons. The highest BCUT2D eigenvalue weighted by atomic mass is 32.2. The number of hydrogen-bond acceptors (Lipinski definition) is 3. The number of aliphatic hydroxyl groups is 1. The first-order valence-corrected chi connectivity index (χ1v) is 7.29. The van der Waals surface area contributed by atoms with Crippen LogP contribution in [0.15, 0.2) is 53.4 Å². The molecule has 0 aliphatic heterocycles. The molecule has 4 nitrogen and oxygen atoms in total. The van der Waals surface area contributed by atoms with Crippen molar-refractivity contribution in [1.29, 1.82) is 0 Å². The van der Waals surface area contributed by atoms with E-state index in [1.165, 1.54) is 0 Å². The van der Waals surface area contributed by atoms with E-state index in [1.807, 2.05) is 0 Å². The molecule has 2 N–H and O–H groups in total. The molecule has 0 atom stereocenters. The minimum absolute atomic E-state index is 0.0629. The lowest BCUT2D eigenvalue weighted by molar-refractivity contribution is 0.282. The Bertz CT molecular complexity index is 666. The molecule has 0 aliphatic rings. The Morgan fingerprint density at radius 3 is 2.37 bits per heavy atom. The molecule has 0 amide bonds. The zero-order valence-electron chi connectivity index (χ0n) is 10.5. The number of hydrogen-bond donors (Lipinski definition) is 2. The van der Waals surface area contributed by atoms with Gasteiger partial charge in [-0.2, -0.15) is 0 Å². The van der Waals surface area contributed by atoms with Crippen LogP contribution in [0.25, 0.3) is 0 Å². The Hall–Kier alpha value is -1.85. The zero-order valence-corrected chi connectivity index (χ0v) is 11.3. The first kappa shape index (κ1) is 13.6. The Labute approximate surface area is 112 Å². The van der Waals surface area contributed by atoms with Gasteiger partial charge in [-0.25, -0.2) is 8.42 Å². The van der Waals surface area contributed by atoms with Crippen LogP contribution in [0, 0.1) is 6.92 Å². The molecule has 0 saturated heterocycles. The number of benzene rings is 2. The standard InChI is InChI=1S/C14H15NO3S/c1-11-9-12(10-16)7-8-14(11)15-19(17,18)13-5-3-2-4-6-13/h2-9,15-16H,10H2,1H3. The van der Waals surface area contributed by atoms with Gasteiger partial charge in [0.15, 0.2) is 0 Å². The summed E-state index contributed by atoms with van der Waals surface area (Å²) in [6, 6.07) is 13.3. The highest BCUT2D eigenvalue weighted by Crippen LogP contribution is 2.20. The molecule has 2 aromatic rings. The van der Waals surface area contributed by atoms with E-state index >= 15 is 0 Å². The third kappa shape index (κ3) is 3.13. The topological polar surface area (TPSA) is 66.4 Å². The van der Waals surface area contributed by atoms with Gasteiger partial charge in [-0.1, -0.05) is 30.3 Å². The molecule has 0 radical (unpaired) electrons. The summed E-state index contributed by atoms with van der Waals surface area (Å²) in [6.07, 6.45) is 0. The number of rotatable bonds is 4. The van der Waals surface area contributed by atoms with Gasteiger partial charge in [-0.05, 0) is 36.2 Å². The van der Waals surface area contributed by atoms with E-state index in [4.69, 9.17) is 5.11 Å². The molecular weight excluding hydrogens is 262 g/mol. The Morgan fingerprint density at radius 1 is 1.11 bits per heavy atom. The van der Waals surface area contributed by atoms with Crippen LogP contribution in [0.5, 0.6) is 0 Å². The second-order valence-corrected chi connectivity index (χ2v) is 5.91. The average molecular weight is 277 g/mol. The van der Waals surface area contributed by atoms with Crippen LogP contribution in [0.4, 0.5) is 5.69 Å². The molecule has 0 aromatic heterocycles. The lowest BCUT2D eigenvalue weighted by atomic mass is 10.1. The van der Waals surface area contributed by atoms with Crippen LogP contribution in [0.3, 0.4) is 0 Å². The molecular formula is C14H15NO3S. The molecule has 5 heteroatoms. The van der Waals surface area contributed by atoms with Gasteiger partial charge in [-0.15, -0.1) is 0 Å². The van der Waals surface area contributed by atoms with E-state index in [-0.39, 0.29) is 11.5 Å². The smallest absolute Gasteiger partial charge is 0.261 e. The van der Waals surface area contributed by atoms with Gasteiger partial charge >= 0.3 is 0 Å². The maximum Gasteiger partial charge on any atom is 0.261 e. The molecule has 0 spiro atoms. The van der Waals surface area contributed by atoms with Crippen LogP contribution in [0.1, 0.15) is 11.1 Å². The van der Waals surface area contributed by atoms with Crippen molar-refractivity contribution in [3.63, 3.8) is 0 Å². The molecule has 0 saturated carbocycles. The fourth-order valence-electron chi connectivity index (χ4n) is 1.74. The van der Waals surface area contributed by atoms with Crippen molar-refractivity contribution in [3.05, 3.63) is 59.7 Å². The number of aryl methyl sites for hydroxylation is 1. The predicted octanol–water partition coefficient (Wildman–Crippen LogP) is 2.29. The SMILES string of the molecule is Cc1cc(CO)ccc1NS(=O)(=O)c1ccccc1. The number of anilines is 1. The second kappa shape index (κ2) is 5.42. The lowest BCUT2D eigenvalue weighted by Crippen LogP contribution is -2.13. The minimum Gasteiger partial charge on any atom is -0.392 e. The molecule has 2 aromatic carbocycles. The molecule has 19 heavy (non-hydrogen) atoms. The van der Waals surface area contributed by atoms with Crippen molar-refractivity contribution in [3.8, 4) is 0 Å². The third-order valence-corrected chi connectivity index (χ3v) is 4.15. The number of sulfonamides is 1. The van der Waals surface area contributed by atoms with E-state index in [0.717, 1.165) is 11.1 Å². The molecule has 0 fully saturated rings. The van der Waals surface area contributed by atoms with Crippen molar-refractivity contribution in [1.82, 2.24) is 0 Å². The van der Waals surface area contributed by atoms with Crippen LogP contribution in [-0.2, 0) is 16.6 Å². The van der Waals surface area contributed by atoms with E-state index < -0.39 is 10.0 Å². The van der Waals surface area contributed by atoms with Gasteiger partial charge in [0.1, 0.15) is 0 Å². The van der Waals surface area contributed by atoms with Crippen molar-refractivity contribution < 1.29 is 13.5 Å². The van der Waals surface area contributed by atoms with E-state index in [2.05, 4.69) is 4.72 Å². The van der Waals surface area contributed by atoms with Gasteiger partial charge in [0.25, 0.3) is 10.0 Å². The van der Waals surface area contributed by atoms with Crippen molar-refractivity contribution in [2.24, 2.45) is 0 Å².